The Morgan fingerprint density at radius 1 is 1.16 bits per heavy atom. The van der Waals surface area contributed by atoms with Gasteiger partial charge in [0.2, 0.25) is 0 Å². The molecule has 1 fully saturated rings. The van der Waals surface area contributed by atoms with Gasteiger partial charge in [0.05, 0.1) is 0 Å². The molecule has 0 aliphatic carbocycles. The highest BCUT2D eigenvalue weighted by Crippen LogP contribution is 2.29. The van der Waals surface area contributed by atoms with E-state index in [-0.39, 0.29) is 5.92 Å². The van der Waals surface area contributed by atoms with E-state index in [0.717, 1.165) is 31.5 Å². The number of piperidine rings is 1. The van der Waals surface area contributed by atoms with Gasteiger partial charge in [0.25, 0.3) is 0 Å². The van der Waals surface area contributed by atoms with Gasteiger partial charge in [0.15, 0.2) is 5.60 Å². The highest BCUT2D eigenvalue weighted by Gasteiger charge is 2.30. The first-order chi connectivity index (χ1) is 15.2. The number of aryl methyl sites for hydroxylation is 1. The van der Waals surface area contributed by atoms with E-state index in [1.807, 2.05) is 18.2 Å². The summed E-state index contributed by atoms with van der Waals surface area (Å²) in [5, 5.41) is 9.31. The van der Waals surface area contributed by atoms with Gasteiger partial charge >= 0.3 is 5.97 Å². The first-order valence-electron chi connectivity index (χ1n) is 11.5. The zero-order valence-electron chi connectivity index (χ0n) is 19.6. The van der Waals surface area contributed by atoms with E-state index in [9.17, 15) is 14.7 Å². The molecule has 0 aromatic heterocycles. The molecule has 1 aliphatic heterocycles. The molecule has 5 heteroatoms. The Hall–Kier alpha value is -2.82. The number of anilines is 1. The minimum Gasteiger partial charge on any atom is -0.478 e. The van der Waals surface area contributed by atoms with Crippen LogP contribution in [-0.2, 0) is 16.0 Å². The molecular formula is C27H35NO4. The summed E-state index contributed by atoms with van der Waals surface area (Å²) in [6.45, 7) is 9.01. The zero-order chi connectivity index (χ0) is 23.3. The fourth-order valence-corrected chi connectivity index (χ4v) is 4.10. The summed E-state index contributed by atoms with van der Waals surface area (Å²) >= 11 is 0. The van der Waals surface area contributed by atoms with Crippen LogP contribution in [0.15, 0.2) is 48.5 Å². The molecule has 2 aromatic rings. The summed E-state index contributed by atoms with van der Waals surface area (Å²) in [4.78, 5) is 26.5. The van der Waals surface area contributed by atoms with Crippen LogP contribution >= 0.6 is 0 Å². The second-order valence-electron chi connectivity index (χ2n) is 9.56. The first-order valence-corrected chi connectivity index (χ1v) is 11.5. The Balaban J connectivity index is 1.59. The first kappa shape index (κ1) is 23.8. The maximum atomic E-state index is 12.9. The lowest BCUT2D eigenvalue weighted by Gasteiger charge is -2.34. The number of rotatable bonds is 9. The highest BCUT2D eigenvalue weighted by atomic mass is 16.5. The summed E-state index contributed by atoms with van der Waals surface area (Å²) in [6.07, 6.45) is 3.23. The third-order valence-corrected chi connectivity index (χ3v) is 6.25. The van der Waals surface area contributed by atoms with Crippen LogP contribution in [0, 0.1) is 5.92 Å². The number of aliphatic carboxylic acids is 1. The average molecular weight is 438 g/mol. The van der Waals surface area contributed by atoms with E-state index in [4.69, 9.17) is 4.74 Å². The van der Waals surface area contributed by atoms with Gasteiger partial charge in [-0.15, -0.1) is 0 Å². The zero-order valence-corrected chi connectivity index (χ0v) is 19.6. The predicted octanol–water partition coefficient (Wildman–Crippen LogP) is 5.47. The number of ether oxygens (including phenoxy) is 1. The van der Waals surface area contributed by atoms with E-state index in [0.29, 0.717) is 30.4 Å². The maximum absolute atomic E-state index is 12.9. The number of carbonyl (C=O) groups is 2. The molecule has 0 spiro atoms. The number of nitrogens with zero attached hydrogens (tertiary/aromatic N) is 1. The Labute approximate surface area is 191 Å². The predicted molar refractivity (Wildman–Crippen MR) is 128 cm³/mol. The van der Waals surface area contributed by atoms with Crippen molar-refractivity contribution in [3.05, 3.63) is 59.7 Å². The van der Waals surface area contributed by atoms with E-state index in [2.05, 4.69) is 43.0 Å². The molecule has 1 atom stereocenters. The molecule has 3 rings (SSSR count). The van der Waals surface area contributed by atoms with Crippen LogP contribution in [-0.4, -0.2) is 35.5 Å². The monoisotopic (exact) mass is 437 g/mol. The van der Waals surface area contributed by atoms with E-state index < -0.39 is 11.6 Å². The van der Waals surface area contributed by atoms with Crippen molar-refractivity contribution < 1.29 is 19.4 Å². The Bertz CT molecular complexity index is 933. The third-order valence-electron chi connectivity index (χ3n) is 6.25. The fraction of sp³-hybridized carbons (Fsp3) is 0.481. The van der Waals surface area contributed by atoms with Gasteiger partial charge < -0.3 is 14.7 Å². The minimum absolute atomic E-state index is 0.0266. The fourth-order valence-electron chi connectivity index (χ4n) is 4.10. The van der Waals surface area contributed by atoms with E-state index >= 15 is 0 Å². The lowest BCUT2D eigenvalue weighted by atomic mass is 9.90. The number of benzene rings is 2. The second-order valence-corrected chi connectivity index (χ2v) is 9.56. The summed E-state index contributed by atoms with van der Waals surface area (Å²) in [5.41, 5.74) is 2.19. The molecule has 0 radical (unpaired) electrons. The summed E-state index contributed by atoms with van der Waals surface area (Å²) < 4.78 is 5.69. The van der Waals surface area contributed by atoms with Gasteiger partial charge in [-0.05, 0) is 62.3 Å². The van der Waals surface area contributed by atoms with Gasteiger partial charge in [-0.2, -0.15) is 0 Å². The molecule has 0 saturated carbocycles. The Morgan fingerprint density at radius 2 is 1.88 bits per heavy atom. The van der Waals surface area contributed by atoms with Crippen molar-refractivity contribution in [2.75, 3.05) is 18.0 Å². The number of carboxylic acids is 1. The van der Waals surface area contributed by atoms with Crippen LogP contribution in [0.3, 0.4) is 0 Å². The van der Waals surface area contributed by atoms with Crippen molar-refractivity contribution in [3.8, 4) is 5.75 Å². The van der Waals surface area contributed by atoms with Crippen LogP contribution in [0.4, 0.5) is 5.69 Å². The van der Waals surface area contributed by atoms with Crippen LogP contribution in [0.25, 0.3) is 0 Å². The molecule has 5 nitrogen and oxygen atoms in total. The topological polar surface area (TPSA) is 66.8 Å². The van der Waals surface area contributed by atoms with E-state index in [1.54, 1.807) is 6.07 Å². The van der Waals surface area contributed by atoms with Gasteiger partial charge in [-0.25, -0.2) is 4.79 Å². The largest absolute Gasteiger partial charge is 0.478 e. The van der Waals surface area contributed by atoms with Crippen molar-refractivity contribution >= 4 is 17.4 Å². The van der Waals surface area contributed by atoms with Crippen molar-refractivity contribution in [3.63, 3.8) is 0 Å². The molecule has 172 valence electrons. The van der Waals surface area contributed by atoms with Crippen molar-refractivity contribution in [2.45, 2.75) is 64.9 Å². The highest BCUT2D eigenvalue weighted by molar-refractivity contribution is 5.82. The molecule has 0 bridgehead atoms. The smallest absolute Gasteiger partial charge is 0.347 e. The number of hydrogen-bond acceptors (Lipinski definition) is 4. The summed E-state index contributed by atoms with van der Waals surface area (Å²) in [7, 11) is 0. The van der Waals surface area contributed by atoms with Crippen LogP contribution in [0.1, 0.15) is 64.0 Å². The van der Waals surface area contributed by atoms with Gasteiger partial charge in [-0.3, -0.25) is 4.79 Å². The van der Waals surface area contributed by atoms with Crippen LogP contribution < -0.4 is 9.64 Å². The Morgan fingerprint density at radius 3 is 2.53 bits per heavy atom. The molecule has 1 aliphatic rings. The molecule has 1 saturated heterocycles. The van der Waals surface area contributed by atoms with Crippen molar-refractivity contribution in [2.24, 2.45) is 5.92 Å². The molecule has 1 heterocycles. The normalized spacial score (nSPS) is 16.8. The third kappa shape index (κ3) is 6.12. The maximum Gasteiger partial charge on any atom is 0.347 e. The summed E-state index contributed by atoms with van der Waals surface area (Å²) in [5.74, 6) is 0.373. The molecule has 1 unspecified atom stereocenters. The quantitative estimate of drug-likeness (QED) is 0.563. The summed E-state index contributed by atoms with van der Waals surface area (Å²) in [6, 6.07) is 16.1. The van der Waals surface area contributed by atoms with Crippen molar-refractivity contribution in [1.29, 1.82) is 0 Å². The molecule has 2 aromatic carbocycles. The molecule has 32 heavy (non-hydrogen) atoms. The van der Waals surface area contributed by atoms with E-state index in [1.165, 1.54) is 25.0 Å². The number of carboxylic acid groups (broad SMARTS) is 1. The number of hydrogen-bond donors (Lipinski definition) is 1. The van der Waals surface area contributed by atoms with Gasteiger partial charge in [0.1, 0.15) is 11.5 Å². The number of Topliss-reactive ketones (excluding diaryl/α,β-unsaturated/α-hetero) is 1. The van der Waals surface area contributed by atoms with Crippen molar-refractivity contribution in [1.82, 2.24) is 0 Å². The van der Waals surface area contributed by atoms with Gasteiger partial charge in [-0.1, -0.05) is 44.2 Å². The van der Waals surface area contributed by atoms with Gasteiger partial charge in [0, 0.05) is 37.2 Å². The minimum atomic E-state index is -1.30. The van der Waals surface area contributed by atoms with Crippen LogP contribution in [0.5, 0.6) is 5.75 Å². The molecule has 0 amide bonds. The van der Waals surface area contributed by atoms with Crippen LogP contribution in [0.2, 0.25) is 0 Å². The Kier molecular flexibility index (Phi) is 7.60. The number of ketones is 1. The molecular weight excluding hydrogens is 402 g/mol. The second kappa shape index (κ2) is 10.2. The lowest BCUT2D eigenvalue weighted by Crippen LogP contribution is -2.39. The SMILES string of the molecule is CC(C)c1ccc(CCC(=O)C2CCCN(c3cccc(OC(C)(C)C(=O)O)c3)C2)cc1. The average Bonchev–Trinajstić information content (AvgIpc) is 2.77. The number of carbonyl (C=O) groups excluding carboxylic acids is 1. The standard InChI is InChI=1S/C27H35NO4/c1-19(2)21-13-10-20(11-14-21)12-15-25(29)22-7-6-16-28(18-22)23-8-5-9-24(17-23)32-27(3,4)26(30)31/h5,8-11,13-14,17,19,22H,6-7,12,15-16,18H2,1-4H3,(H,30,31). The molecule has 1 N–H and O–H groups in total. The lowest BCUT2D eigenvalue weighted by molar-refractivity contribution is -0.152.